The minimum atomic E-state index is 0.650. The minimum absolute atomic E-state index is 0.650. The van der Waals surface area contributed by atoms with Gasteiger partial charge in [-0.3, -0.25) is 0 Å². The standard InChI is InChI=1S/C23H19N5O/c1-29-18-11-7-10-17(14-18)21-26-27-22-19-12-5-6-13-20(19)25-23(28(21)22)24-15-16-8-3-2-4-9-16/h2-14H,15H2,1H3,(H,24,25). The van der Waals surface area contributed by atoms with Crippen LogP contribution >= 0.6 is 0 Å². The fourth-order valence-corrected chi connectivity index (χ4v) is 3.43. The molecule has 2 heterocycles. The van der Waals surface area contributed by atoms with Crippen LogP contribution in [0.5, 0.6) is 5.75 Å². The van der Waals surface area contributed by atoms with Crippen molar-refractivity contribution in [1.82, 2.24) is 19.6 Å². The Kier molecular flexibility index (Phi) is 4.29. The van der Waals surface area contributed by atoms with Crippen LogP contribution in [0.25, 0.3) is 27.9 Å². The van der Waals surface area contributed by atoms with Crippen molar-refractivity contribution in [3.8, 4) is 17.1 Å². The maximum Gasteiger partial charge on any atom is 0.211 e. The molecule has 0 saturated carbocycles. The highest BCUT2D eigenvalue weighted by Crippen LogP contribution is 2.28. The van der Waals surface area contributed by atoms with Crippen molar-refractivity contribution in [1.29, 1.82) is 0 Å². The van der Waals surface area contributed by atoms with Crippen molar-refractivity contribution in [2.45, 2.75) is 6.54 Å². The van der Waals surface area contributed by atoms with Gasteiger partial charge in [0.1, 0.15) is 5.75 Å². The normalized spacial score (nSPS) is 11.1. The zero-order chi connectivity index (χ0) is 19.6. The van der Waals surface area contributed by atoms with Gasteiger partial charge in [0.25, 0.3) is 0 Å². The first-order valence-electron chi connectivity index (χ1n) is 9.39. The maximum absolute atomic E-state index is 5.38. The average molecular weight is 381 g/mol. The Morgan fingerprint density at radius 2 is 1.72 bits per heavy atom. The number of aromatic nitrogens is 4. The number of hydrogen-bond acceptors (Lipinski definition) is 5. The molecule has 5 aromatic rings. The molecule has 0 fully saturated rings. The zero-order valence-electron chi connectivity index (χ0n) is 15.9. The molecule has 0 spiro atoms. The van der Waals surface area contributed by atoms with Gasteiger partial charge < -0.3 is 10.1 Å². The predicted molar refractivity (Wildman–Crippen MR) is 114 cm³/mol. The number of methoxy groups -OCH3 is 1. The third-order valence-corrected chi connectivity index (χ3v) is 4.87. The summed E-state index contributed by atoms with van der Waals surface area (Å²) in [5.41, 5.74) is 3.73. The topological polar surface area (TPSA) is 64.3 Å². The third-order valence-electron chi connectivity index (χ3n) is 4.87. The number of para-hydroxylation sites is 1. The van der Waals surface area contributed by atoms with Crippen molar-refractivity contribution in [3.63, 3.8) is 0 Å². The Morgan fingerprint density at radius 3 is 2.59 bits per heavy atom. The highest BCUT2D eigenvalue weighted by molar-refractivity contribution is 5.93. The smallest absolute Gasteiger partial charge is 0.211 e. The Hall–Kier alpha value is -3.93. The van der Waals surface area contributed by atoms with Crippen LogP contribution in [0.1, 0.15) is 5.56 Å². The van der Waals surface area contributed by atoms with Crippen LogP contribution in [-0.4, -0.2) is 26.7 Å². The molecular weight excluding hydrogens is 362 g/mol. The fourth-order valence-electron chi connectivity index (χ4n) is 3.43. The van der Waals surface area contributed by atoms with E-state index in [4.69, 9.17) is 9.72 Å². The molecular formula is C23H19N5O. The van der Waals surface area contributed by atoms with Gasteiger partial charge in [-0.1, -0.05) is 54.6 Å². The molecule has 0 atom stereocenters. The van der Waals surface area contributed by atoms with E-state index in [-0.39, 0.29) is 0 Å². The van der Waals surface area contributed by atoms with Crippen molar-refractivity contribution in [2.24, 2.45) is 0 Å². The molecule has 0 aliphatic rings. The number of anilines is 1. The average Bonchev–Trinajstić information content (AvgIpc) is 3.24. The molecule has 2 aromatic heterocycles. The summed E-state index contributed by atoms with van der Waals surface area (Å²) in [5, 5.41) is 13.4. The Morgan fingerprint density at radius 1 is 0.897 bits per heavy atom. The van der Waals surface area contributed by atoms with Crippen LogP contribution in [0.2, 0.25) is 0 Å². The van der Waals surface area contributed by atoms with Crippen LogP contribution in [0.4, 0.5) is 5.95 Å². The van der Waals surface area contributed by atoms with E-state index in [2.05, 4.69) is 27.6 Å². The SMILES string of the molecule is COc1cccc(-c2nnc3c4ccccc4nc(NCc4ccccc4)n23)c1. The van der Waals surface area contributed by atoms with Crippen LogP contribution < -0.4 is 10.1 Å². The summed E-state index contributed by atoms with van der Waals surface area (Å²) >= 11 is 0. The third kappa shape index (κ3) is 3.14. The molecule has 142 valence electrons. The molecule has 0 saturated heterocycles. The van der Waals surface area contributed by atoms with Gasteiger partial charge >= 0.3 is 0 Å². The van der Waals surface area contributed by atoms with E-state index >= 15 is 0 Å². The molecule has 0 unspecified atom stereocenters. The first-order chi connectivity index (χ1) is 14.3. The first-order valence-corrected chi connectivity index (χ1v) is 9.39. The molecule has 0 amide bonds. The van der Waals surface area contributed by atoms with Gasteiger partial charge in [0.15, 0.2) is 11.5 Å². The van der Waals surface area contributed by atoms with E-state index in [9.17, 15) is 0 Å². The number of fused-ring (bicyclic) bond motifs is 3. The number of benzene rings is 3. The predicted octanol–water partition coefficient (Wildman–Crippen LogP) is 4.57. The summed E-state index contributed by atoms with van der Waals surface area (Å²) in [4.78, 5) is 4.86. The molecule has 6 nitrogen and oxygen atoms in total. The Labute approximate surface area is 167 Å². The van der Waals surface area contributed by atoms with Crippen LogP contribution in [0.15, 0.2) is 78.9 Å². The van der Waals surface area contributed by atoms with Gasteiger partial charge in [-0.25, -0.2) is 9.38 Å². The van der Waals surface area contributed by atoms with Gasteiger partial charge in [-0.05, 0) is 29.8 Å². The quantitative estimate of drug-likeness (QED) is 0.483. The van der Waals surface area contributed by atoms with E-state index in [1.807, 2.05) is 71.1 Å². The molecule has 5 rings (SSSR count). The second-order valence-electron chi connectivity index (χ2n) is 6.71. The summed E-state index contributed by atoms with van der Waals surface area (Å²) in [6.07, 6.45) is 0. The van der Waals surface area contributed by atoms with E-state index in [1.165, 1.54) is 5.56 Å². The summed E-state index contributed by atoms with van der Waals surface area (Å²) < 4.78 is 7.35. The second-order valence-corrected chi connectivity index (χ2v) is 6.71. The van der Waals surface area contributed by atoms with Crippen LogP contribution in [0.3, 0.4) is 0 Å². The van der Waals surface area contributed by atoms with Crippen molar-refractivity contribution in [2.75, 3.05) is 12.4 Å². The Balaban J connectivity index is 1.69. The van der Waals surface area contributed by atoms with E-state index in [1.54, 1.807) is 7.11 Å². The monoisotopic (exact) mass is 381 g/mol. The lowest BCUT2D eigenvalue weighted by Gasteiger charge is -2.12. The highest BCUT2D eigenvalue weighted by atomic mass is 16.5. The molecule has 29 heavy (non-hydrogen) atoms. The van der Waals surface area contributed by atoms with Crippen molar-refractivity contribution in [3.05, 3.63) is 84.4 Å². The van der Waals surface area contributed by atoms with Crippen LogP contribution in [0, 0.1) is 0 Å². The van der Waals surface area contributed by atoms with Gasteiger partial charge in [0.05, 0.1) is 12.6 Å². The molecule has 3 aromatic carbocycles. The lowest BCUT2D eigenvalue weighted by Crippen LogP contribution is -2.08. The second kappa shape index (κ2) is 7.24. The van der Waals surface area contributed by atoms with Crippen molar-refractivity contribution < 1.29 is 4.74 Å². The van der Waals surface area contributed by atoms with Crippen LogP contribution in [-0.2, 0) is 6.54 Å². The number of rotatable bonds is 5. The maximum atomic E-state index is 5.38. The zero-order valence-corrected chi connectivity index (χ0v) is 15.9. The summed E-state index contributed by atoms with van der Waals surface area (Å²) in [6.45, 7) is 0.650. The summed E-state index contributed by atoms with van der Waals surface area (Å²) in [5.74, 6) is 2.19. The number of nitrogens with one attached hydrogen (secondary N) is 1. The van der Waals surface area contributed by atoms with E-state index in [0.29, 0.717) is 18.3 Å². The number of hydrogen-bond donors (Lipinski definition) is 1. The molecule has 0 aliphatic carbocycles. The lowest BCUT2D eigenvalue weighted by molar-refractivity contribution is 0.415. The molecule has 6 heteroatoms. The largest absolute Gasteiger partial charge is 0.497 e. The Bertz CT molecular complexity index is 1300. The molecule has 0 radical (unpaired) electrons. The number of ether oxygens (including phenoxy) is 1. The van der Waals surface area contributed by atoms with E-state index in [0.717, 1.165) is 27.9 Å². The minimum Gasteiger partial charge on any atom is -0.497 e. The highest BCUT2D eigenvalue weighted by Gasteiger charge is 2.16. The van der Waals surface area contributed by atoms with Gasteiger partial charge in [0.2, 0.25) is 5.95 Å². The summed E-state index contributed by atoms with van der Waals surface area (Å²) in [7, 11) is 1.66. The van der Waals surface area contributed by atoms with Gasteiger partial charge in [-0.15, -0.1) is 10.2 Å². The van der Waals surface area contributed by atoms with Crippen molar-refractivity contribution >= 4 is 22.5 Å². The number of nitrogens with zero attached hydrogens (tertiary/aromatic N) is 4. The van der Waals surface area contributed by atoms with Gasteiger partial charge in [0, 0.05) is 17.5 Å². The van der Waals surface area contributed by atoms with E-state index < -0.39 is 0 Å². The lowest BCUT2D eigenvalue weighted by atomic mass is 10.2. The molecule has 0 bridgehead atoms. The first kappa shape index (κ1) is 17.2. The fraction of sp³-hybridized carbons (Fsp3) is 0.0870. The van der Waals surface area contributed by atoms with Gasteiger partial charge in [-0.2, -0.15) is 0 Å². The molecule has 0 aliphatic heterocycles. The molecule has 1 N–H and O–H groups in total. The summed E-state index contributed by atoms with van der Waals surface area (Å²) in [6, 6.07) is 26.0.